The highest BCUT2D eigenvalue weighted by Crippen LogP contribution is 2.31. The maximum absolute atomic E-state index is 12.9. The molecule has 33 heavy (non-hydrogen) atoms. The van der Waals surface area contributed by atoms with Gasteiger partial charge in [-0.1, -0.05) is 47.1 Å². The van der Waals surface area contributed by atoms with Crippen molar-refractivity contribution in [1.82, 2.24) is 15.1 Å². The quantitative estimate of drug-likeness (QED) is 0.343. The lowest BCUT2D eigenvalue weighted by Gasteiger charge is -2.06. The number of aryl methyl sites for hydroxylation is 2. The summed E-state index contributed by atoms with van der Waals surface area (Å²) in [5.74, 6) is 0.395. The first-order valence-corrected chi connectivity index (χ1v) is 9.95. The van der Waals surface area contributed by atoms with Crippen LogP contribution in [-0.2, 0) is 28.7 Å². The molecule has 0 aliphatic rings. The molecule has 10 heteroatoms. The molecular formula is C23H18F3N3O4. The van der Waals surface area contributed by atoms with Gasteiger partial charge in [-0.2, -0.15) is 18.2 Å². The van der Waals surface area contributed by atoms with Crippen molar-refractivity contribution in [3.05, 3.63) is 77.6 Å². The standard InChI is InChI=1S/C23H18F3N3O4/c1-14-5-7-15(8-6-14)18-12-27-19(32-18)9-10-21(30)31-13-20-28-22(29-33-20)16-3-2-4-17(11-16)23(24,25)26/h2-8,11-12H,9-10,13H2,1H3. The van der Waals surface area contributed by atoms with Crippen molar-refractivity contribution in [1.29, 1.82) is 0 Å². The Bertz CT molecular complexity index is 1250. The molecule has 0 amide bonds. The van der Waals surface area contributed by atoms with Gasteiger partial charge < -0.3 is 13.7 Å². The van der Waals surface area contributed by atoms with Crippen LogP contribution >= 0.6 is 0 Å². The second kappa shape index (κ2) is 9.27. The Balaban J connectivity index is 1.29. The van der Waals surface area contributed by atoms with E-state index in [9.17, 15) is 18.0 Å². The molecule has 2 aromatic carbocycles. The molecule has 0 N–H and O–H groups in total. The molecular weight excluding hydrogens is 439 g/mol. The number of carbonyl (C=O) groups excluding carboxylic acids is 1. The van der Waals surface area contributed by atoms with E-state index in [1.165, 1.54) is 12.1 Å². The lowest BCUT2D eigenvalue weighted by Crippen LogP contribution is -2.06. The lowest BCUT2D eigenvalue weighted by molar-refractivity contribution is -0.145. The number of halogens is 3. The maximum Gasteiger partial charge on any atom is 0.416 e. The van der Waals surface area contributed by atoms with Gasteiger partial charge in [0.2, 0.25) is 5.82 Å². The van der Waals surface area contributed by atoms with Gasteiger partial charge in [0, 0.05) is 17.5 Å². The van der Waals surface area contributed by atoms with E-state index in [0.717, 1.165) is 23.3 Å². The van der Waals surface area contributed by atoms with E-state index in [-0.39, 0.29) is 36.7 Å². The number of rotatable bonds is 7. The fourth-order valence-corrected chi connectivity index (χ4v) is 2.97. The zero-order chi connectivity index (χ0) is 23.4. The Labute approximate surface area is 186 Å². The predicted octanol–water partition coefficient (Wildman–Crippen LogP) is 5.39. The summed E-state index contributed by atoms with van der Waals surface area (Å²) in [5, 5.41) is 3.65. The summed E-state index contributed by atoms with van der Waals surface area (Å²) in [5.41, 5.74) is 1.33. The molecule has 4 aromatic rings. The minimum atomic E-state index is -4.48. The zero-order valence-electron chi connectivity index (χ0n) is 17.4. The van der Waals surface area contributed by atoms with Crippen molar-refractivity contribution in [2.45, 2.75) is 32.5 Å². The van der Waals surface area contributed by atoms with Gasteiger partial charge in [0.25, 0.3) is 5.89 Å². The van der Waals surface area contributed by atoms with Gasteiger partial charge in [0.05, 0.1) is 18.2 Å². The molecule has 170 valence electrons. The summed E-state index contributed by atoms with van der Waals surface area (Å²) in [7, 11) is 0. The number of hydrogen-bond donors (Lipinski definition) is 0. The van der Waals surface area contributed by atoms with Crippen LogP contribution in [-0.4, -0.2) is 21.1 Å². The first-order valence-electron chi connectivity index (χ1n) is 9.95. The number of aromatic nitrogens is 3. The highest BCUT2D eigenvalue weighted by atomic mass is 19.4. The Hall–Kier alpha value is -3.95. The van der Waals surface area contributed by atoms with E-state index in [1.807, 2.05) is 31.2 Å². The number of benzene rings is 2. The number of ether oxygens (including phenoxy) is 1. The molecule has 0 spiro atoms. The van der Waals surface area contributed by atoms with Gasteiger partial charge >= 0.3 is 12.1 Å². The molecule has 0 unspecified atom stereocenters. The van der Waals surface area contributed by atoms with Crippen molar-refractivity contribution in [3.8, 4) is 22.7 Å². The van der Waals surface area contributed by atoms with Crippen LogP contribution < -0.4 is 0 Å². The molecule has 0 bridgehead atoms. The maximum atomic E-state index is 12.9. The fraction of sp³-hybridized carbons (Fsp3) is 0.217. The number of hydrogen-bond acceptors (Lipinski definition) is 7. The van der Waals surface area contributed by atoms with Crippen LogP contribution in [0.1, 0.15) is 29.3 Å². The molecule has 0 aliphatic carbocycles. The number of esters is 1. The smallest absolute Gasteiger partial charge is 0.416 e. The van der Waals surface area contributed by atoms with Gasteiger partial charge in [0.15, 0.2) is 18.3 Å². The zero-order valence-corrected chi connectivity index (χ0v) is 17.4. The van der Waals surface area contributed by atoms with E-state index in [0.29, 0.717) is 11.7 Å². The lowest BCUT2D eigenvalue weighted by atomic mass is 10.1. The van der Waals surface area contributed by atoms with Crippen LogP contribution in [0.25, 0.3) is 22.7 Å². The second-order valence-corrected chi connectivity index (χ2v) is 7.24. The molecule has 0 fully saturated rings. The second-order valence-electron chi connectivity index (χ2n) is 7.24. The summed E-state index contributed by atoms with van der Waals surface area (Å²) >= 11 is 0. The average molecular weight is 457 g/mol. The summed E-state index contributed by atoms with van der Waals surface area (Å²) in [4.78, 5) is 20.2. The SMILES string of the molecule is Cc1ccc(-c2cnc(CCC(=O)OCc3nc(-c4cccc(C(F)(F)F)c4)no3)o2)cc1. The third-order valence-corrected chi connectivity index (χ3v) is 4.71. The van der Waals surface area contributed by atoms with Crippen molar-refractivity contribution in [2.24, 2.45) is 0 Å². The van der Waals surface area contributed by atoms with Crippen molar-refractivity contribution in [2.75, 3.05) is 0 Å². The highest BCUT2D eigenvalue weighted by molar-refractivity contribution is 5.69. The summed E-state index contributed by atoms with van der Waals surface area (Å²) in [6.07, 6.45) is -2.63. The summed E-state index contributed by atoms with van der Waals surface area (Å²) in [6.45, 7) is 1.69. The number of nitrogens with zero attached hydrogens (tertiary/aromatic N) is 3. The normalized spacial score (nSPS) is 11.5. The highest BCUT2D eigenvalue weighted by Gasteiger charge is 2.30. The fourth-order valence-electron chi connectivity index (χ4n) is 2.97. The van der Waals surface area contributed by atoms with Gasteiger partial charge in [-0.05, 0) is 19.1 Å². The van der Waals surface area contributed by atoms with Crippen molar-refractivity contribution in [3.63, 3.8) is 0 Å². The molecule has 0 atom stereocenters. The first-order chi connectivity index (χ1) is 15.8. The molecule has 0 saturated carbocycles. The van der Waals surface area contributed by atoms with Crippen LogP contribution in [0.3, 0.4) is 0 Å². The molecule has 0 aliphatic heterocycles. The Morgan fingerprint density at radius 2 is 1.85 bits per heavy atom. The van der Waals surface area contributed by atoms with Crippen LogP contribution in [0.2, 0.25) is 0 Å². The van der Waals surface area contributed by atoms with Gasteiger partial charge in [-0.25, -0.2) is 4.98 Å². The molecule has 2 heterocycles. The largest absolute Gasteiger partial charge is 0.456 e. The topological polar surface area (TPSA) is 91.2 Å². The molecule has 0 saturated heterocycles. The minimum Gasteiger partial charge on any atom is -0.456 e. The Morgan fingerprint density at radius 3 is 2.61 bits per heavy atom. The van der Waals surface area contributed by atoms with E-state index in [2.05, 4.69) is 15.1 Å². The van der Waals surface area contributed by atoms with Gasteiger partial charge in [-0.15, -0.1) is 0 Å². The minimum absolute atomic E-state index is 0.0163. The number of carbonyl (C=O) groups is 1. The number of alkyl halides is 3. The van der Waals surface area contributed by atoms with Gasteiger partial charge in [0.1, 0.15) is 0 Å². The number of oxazole rings is 1. The van der Waals surface area contributed by atoms with Crippen LogP contribution in [0.4, 0.5) is 13.2 Å². The van der Waals surface area contributed by atoms with Crippen LogP contribution in [0.15, 0.2) is 63.7 Å². The average Bonchev–Trinajstić information content (AvgIpc) is 3.46. The van der Waals surface area contributed by atoms with E-state index in [4.69, 9.17) is 13.7 Å². The Morgan fingerprint density at radius 1 is 1.06 bits per heavy atom. The monoisotopic (exact) mass is 457 g/mol. The molecule has 4 rings (SSSR count). The Kier molecular flexibility index (Phi) is 6.25. The molecule has 7 nitrogen and oxygen atoms in total. The van der Waals surface area contributed by atoms with Gasteiger partial charge in [-0.3, -0.25) is 4.79 Å². The van der Waals surface area contributed by atoms with Crippen LogP contribution in [0.5, 0.6) is 0 Å². The summed E-state index contributed by atoms with van der Waals surface area (Å²) in [6, 6.07) is 12.3. The predicted molar refractivity (Wildman–Crippen MR) is 110 cm³/mol. The van der Waals surface area contributed by atoms with E-state index < -0.39 is 17.7 Å². The van der Waals surface area contributed by atoms with E-state index >= 15 is 0 Å². The van der Waals surface area contributed by atoms with Crippen LogP contribution in [0, 0.1) is 6.92 Å². The summed E-state index contributed by atoms with van der Waals surface area (Å²) < 4.78 is 54.3. The van der Waals surface area contributed by atoms with Crippen molar-refractivity contribution < 1.29 is 31.6 Å². The van der Waals surface area contributed by atoms with E-state index in [1.54, 1.807) is 6.20 Å². The third kappa shape index (κ3) is 5.65. The third-order valence-electron chi connectivity index (χ3n) is 4.71. The first kappa shape index (κ1) is 22.3. The molecule has 0 radical (unpaired) electrons. The molecule has 2 aromatic heterocycles. The van der Waals surface area contributed by atoms with Crippen molar-refractivity contribution >= 4 is 5.97 Å².